The number of ether oxygens (including phenoxy) is 1. The van der Waals surface area contributed by atoms with Crippen LogP contribution in [-0.4, -0.2) is 25.5 Å². The maximum atomic E-state index is 12.4. The zero-order chi connectivity index (χ0) is 18.6. The number of nitrogens with zero attached hydrogens (tertiary/aromatic N) is 1. The molecular formula is C19H21ClN2O3. The summed E-state index contributed by atoms with van der Waals surface area (Å²) in [6.45, 7) is 5.17. The summed E-state index contributed by atoms with van der Waals surface area (Å²) in [5, 5.41) is 3.23. The van der Waals surface area contributed by atoms with Crippen LogP contribution >= 0.6 is 11.6 Å². The van der Waals surface area contributed by atoms with E-state index in [-0.39, 0.29) is 18.4 Å². The molecule has 0 aliphatic heterocycles. The maximum absolute atomic E-state index is 12.4. The lowest BCUT2D eigenvalue weighted by Crippen LogP contribution is -2.36. The van der Waals surface area contributed by atoms with Crippen molar-refractivity contribution in [2.45, 2.75) is 20.8 Å². The number of aryl methyl sites for hydroxylation is 2. The third-order valence-corrected chi connectivity index (χ3v) is 4.09. The van der Waals surface area contributed by atoms with Gasteiger partial charge in [-0.25, -0.2) is 0 Å². The lowest BCUT2D eigenvalue weighted by atomic mass is 10.1. The molecule has 2 aromatic rings. The topological polar surface area (TPSA) is 58.6 Å². The van der Waals surface area contributed by atoms with Gasteiger partial charge in [0.1, 0.15) is 12.3 Å². The Morgan fingerprint density at radius 3 is 2.48 bits per heavy atom. The molecule has 0 aromatic heterocycles. The molecule has 0 bridgehead atoms. The molecule has 0 saturated carbocycles. The Kier molecular flexibility index (Phi) is 6.04. The van der Waals surface area contributed by atoms with E-state index in [0.29, 0.717) is 16.5 Å². The molecule has 25 heavy (non-hydrogen) atoms. The number of hydrogen-bond donors (Lipinski definition) is 1. The number of halogens is 1. The molecule has 0 unspecified atom stereocenters. The van der Waals surface area contributed by atoms with Crippen LogP contribution in [0.2, 0.25) is 5.02 Å². The number of benzene rings is 2. The molecule has 0 atom stereocenters. The Morgan fingerprint density at radius 1 is 1.16 bits per heavy atom. The summed E-state index contributed by atoms with van der Waals surface area (Å²) in [7, 11) is 1.52. The van der Waals surface area contributed by atoms with Gasteiger partial charge in [-0.05, 0) is 49.2 Å². The van der Waals surface area contributed by atoms with Crippen molar-refractivity contribution in [3.63, 3.8) is 0 Å². The second-order valence-electron chi connectivity index (χ2n) is 5.79. The van der Waals surface area contributed by atoms with Crippen LogP contribution in [0.25, 0.3) is 0 Å². The van der Waals surface area contributed by atoms with Gasteiger partial charge in [0.2, 0.25) is 11.8 Å². The summed E-state index contributed by atoms with van der Waals surface area (Å²) >= 11 is 6.12. The Balaban J connectivity index is 2.18. The summed E-state index contributed by atoms with van der Waals surface area (Å²) in [6, 6.07) is 10.8. The van der Waals surface area contributed by atoms with Gasteiger partial charge in [-0.15, -0.1) is 0 Å². The van der Waals surface area contributed by atoms with Crippen LogP contribution in [-0.2, 0) is 9.59 Å². The van der Waals surface area contributed by atoms with Gasteiger partial charge in [-0.2, -0.15) is 0 Å². The highest BCUT2D eigenvalue weighted by Gasteiger charge is 2.17. The third-order valence-electron chi connectivity index (χ3n) is 3.80. The second-order valence-corrected chi connectivity index (χ2v) is 6.20. The van der Waals surface area contributed by atoms with Crippen LogP contribution in [0.15, 0.2) is 36.4 Å². The fraction of sp³-hybridized carbons (Fsp3) is 0.263. The van der Waals surface area contributed by atoms with Crippen LogP contribution in [0.4, 0.5) is 11.4 Å². The van der Waals surface area contributed by atoms with Gasteiger partial charge < -0.3 is 15.0 Å². The Bertz CT molecular complexity index is 805. The van der Waals surface area contributed by atoms with Crippen molar-refractivity contribution in [3.05, 3.63) is 52.5 Å². The molecule has 0 saturated heterocycles. The summed E-state index contributed by atoms with van der Waals surface area (Å²) in [5.41, 5.74) is 3.28. The molecule has 1 N–H and O–H groups in total. The van der Waals surface area contributed by atoms with Crippen molar-refractivity contribution in [1.82, 2.24) is 0 Å². The Labute approximate surface area is 152 Å². The van der Waals surface area contributed by atoms with Crippen LogP contribution in [0, 0.1) is 13.8 Å². The molecule has 2 rings (SSSR count). The van der Waals surface area contributed by atoms with E-state index in [1.54, 1.807) is 18.2 Å². The van der Waals surface area contributed by atoms with Gasteiger partial charge in [-0.3, -0.25) is 9.59 Å². The Hall–Kier alpha value is -2.53. The van der Waals surface area contributed by atoms with E-state index in [1.807, 2.05) is 32.0 Å². The van der Waals surface area contributed by atoms with Gasteiger partial charge >= 0.3 is 0 Å². The molecule has 0 heterocycles. The monoisotopic (exact) mass is 360 g/mol. The smallest absolute Gasteiger partial charge is 0.244 e. The first-order valence-electron chi connectivity index (χ1n) is 7.80. The number of amides is 2. The van der Waals surface area contributed by atoms with E-state index in [0.717, 1.165) is 16.8 Å². The summed E-state index contributed by atoms with van der Waals surface area (Å²) < 4.78 is 5.11. The highest BCUT2D eigenvalue weighted by atomic mass is 35.5. The van der Waals surface area contributed by atoms with E-state index in [1.165, 1.54) is 18.9 Å². The number of anilines is 2. The minimum absolute atomic E-state index is 0.106. The predicted octanol–water partition coefficient (Wildman–Crippen LogP) is 3.96. The molecule has 132 valence electrons. The van der Waals surface area contributed by atoms with Crippen LogP contribution < -0.4 is 15.0 Å². The van der Waals surface area contributed by atoms with Crippen LogP contribution in [0.5, 0.6) is 5.75 Å². The number of nitrogens with one attached hydrogen (secondary N) is 1. The third kappa shape index (κ3) is 4.73. The number of hydrogen-bond acceptors (Lipinski definition) is 3. The van der Waals surface area contributed by atoms with Gasteiger partial charge in [0.05, 0.1) is 12.1 Å². The molecule has 0 spiro atoms. The van der Waals surface area contributed by atoms with Gasteiger partial charge in [0.15, 0.2) is 0 Å². The minimum Gasteiger partial charge on any atom is -0.495 e. The molecule has 6 heteroatoms. The van der Waals surface area contributed by atoms with Crippen LogP contribution in [0.3, 0.4) is 0 Å². The highest BCUT2D eigenvalue weighted by molar-refractivity contribution is 6.32. The first kappa shape index (κ1) is 18.8. The fourth-order valence-electron chi connectivity index (χ4n) is 2.41. The van der Waals surface area contributed by atoms with Crippen molar-refractivity contribution in [2.75, 3.05) is 23.9 Å². The lowest BCUT2D eigenvalue weighted by molar-refractivity contribution is -0.120. The van der Waals surface area contributed by atoms with Gasteiger partial charge in [0.25, 0.3) is 0 Å². The molecular weight excluding hydrogens is 340 g/mol. The average molecular weight is 361 g/mol. The minimum atomic E-state index is -0.282. The van der Waals surface area contributed by atoms with Crippen molar-refractivity contribution in [3.8, 4) is 5.75 Å². The standard InChI is InChI=1S/C19H21ClN2O3/c1-12-5-6-13(2)17(9-12)21-19(24)11-22(14(3)23)15-7-8-18(25-4)16(20)10-15/h5-10H,11H2,1-4H3,(H,21,24). The molecule has 0 aliphatic carbocycles. The first-order valence-corrected chi connectivity index (χ1v) is 8.18. The van der Waals surface area contributed by atoms with E-state index in [2.05, 4.69) is 5.32 Å². The van der Waals surface area contributed by atoms with Crippen LogP contribution in [0.1, 0.15) is 18.1 Å². The van der Waals surface area contributed by atoms with E-state index < -0.39 is 0 Å². The van der Waals surface area contributed by atoms with Crippen molar-refractivity contribution >= 4 is 34.8 Å². The average Bonchev–Trinajstić information content (AvgIpc) is 2.55. The maximum Gasteiger partial charge on any atom is 0.244 e. The lowest BCUT2D eigenvalue weighted by Gasteiger charge is -2.21. The van der Waals surface area contributed by atoms with E-state index >= 15 is 0 Å². The zero-order valence-corrected chi connectivity index (χ0v) is 15.5. The molecule has 5 nitrogen and oxygen atoms in total. The van der Waals surface area contributed by atoms with Gasteiger partial charge in [0, 0.05) is 18.3 Å². The zero-order valence-electron chi connectivity index (χ0n) is 14.7. The van der Waals surface area contributed by atoms with Crippen molar-refractivity contribution in [2.24, 2.45) is 0 Å². The van der Waals surface area contributed by atoms with Gasteiger partial charge in [-0.1, -0.05) is 23.7 Å². The van der Waals surface area contributed by atoms with Crippen molar-refractivity contribution < 1.29 is 14.3 Å². The molecule has 0 fully saturated rings. The number of carbonyl (C=O) groups excluding carboxylic acids is 2. The summed E-state index contributed by atoms with van der Waals surface area (Å²) in [5.74, 6) is -0.0260. The van der Waals surface area contributed by atoms with Crippen molar-refractivity contribution in [1.29, 1.82) is 0 Å². The first-order chi connectivity index (χ1) is 11.8. The predicted molar refractivity (Wildman–Crippen MR) is 101 cm³/mol. The fourth-order valence-corrected chi connectivity index (χ4v) is 2.66. The molecule has 0 radical (unpaired) electrons. The number of carbonyl (C=O) groups is 2. The molecule has 2 amide bonds. The SMILES string of the molecule is COc1ccc(N(CC(=O)Nc2cc(C)ccc2C)C(C)=O)cc1Cl. The second kappa shape index (κ2) is 8.03. The van der Waals surface area contributed by atoms with E-state index in [4.69, 9.17) is 16.3 Å². The quantitative estimate of drug-likeness (QED) is 0.878. The molecule has 0 aliphatic rings. The Morgan fingerprint density at radius 2 is 1.88 bits per heavy atom. The largest absolute Gasteiger partial charge is 0.495 e. The van der Waals surface area contributed by atoms with E-state index in [9.17, 15) is 9.59 Å². The summed E-state index contributed by atoms with van der Waals surface area (Å²) in [4.78, 5) is 25.8. The molecule has 2 aromatic carbocycles. The number of rotatable bonds is 5. The summed E-state index contributed by atoms with van der Waals surface area (Å²) in [6.07, 6.45) is 0. The number of methoxy groups -OCH3 is 1. The normalized spacial score (nSPS) is 10.3. The highest BCUT2D eigenvalue weighted by Crippen LogP contribution is 2.29.